The second-order valence-corrected chi connectivity index (χ2v) is 13.8. The second kappa shape index (κ2) is 18.5. The molecule has 0 aromatic heterocycles. The quantitative estimate of drug-likeness (QED) is 0.0832. The minimum atomic E-state index is -1.31. The lowest BCUT2D eigenvalue weighted by Crippen LogP contribution is -2.29. The number of phenolic OH excluding ortho intramolecular Hbond substituents is 2. The van der Waals surface area contributed by atoms with Crippen molar-refractivity contribution in [2.24, 2.45) is 11.8 Å². The molecule has 4 aromatic rings. The van der Waals surface area contributed by atoms with Gasteiger partial charge in [0.15, 0.2) is 58.2 Å². The topological polar surface area (TPSA) is 214 Å². The third-order valence-electron chi connectivity index (χ3n) is 10.6. The Labute approximate surface area is 335 Å². The van der Waals surface area contributed by atoms with Crippen LogP contribution in [0.1, 0.15) is 46.7 Å². The standard InChI is InChI=1S/C42H50O16/c1-49-29-11-21(7-9-27(29)45)37(47)35(17-43)57-41-31(51-3)13-23(14-32(41)52-4)39-25-19-56-40(26(25)20-55-39)24-15-33(53-5)42(34(16-24)54-6)58-36(18-44)38(48)22-8-10-28(46)30(12-22)50-2/h7-16,25-26,35-40,43-48H,17-20H2,1-6H3/t25-,26-,35-,36+,37+,38+,39+,40+/m1/s1. The summed E-state index contributed by atoms with van der Waals surface area (Å²) in [6, 6.07) is 15.7. The van der Waals surface area contributed by atoms with E-state index < -0.39 is 49.8 Å². The lowest BCUT2D eigenvalue weighted by atomic mass is 9.84. The Morgan fingerprint density at radius 1 is 0.517 bits per heavy atom. The van der Waals surface area contributed by atoms with Gasteiger partial charge in [-0.25, -0.2) is 0 Å². The largest absolute Gasteiger partial charge is 0.504 e. The van der Waals surface area contributed by atoms with Crippen molar-refractivity contribution >= 4 is 0 Å². The number of fused-ring (bicyclic) bond motifs is 1. The molecule has 4 aromatic carbocycles. The summed E-state index contributed by atoms with van der Waals surface area (Å²) in [7, 11) is 8.65. The zero-order valence-electron chi connectivity index (χ0n) is 33.0. The second-order valence-electron chi connectivity index (χ2n) is 13.8. The van der Waals surface area contributed by atoms with E-state index in [1.807, 2.05) is 0 Å². The smallest absolute Gasteiger partial charge is 0.204 e. The molecule has 0 saturated carbocycles. The van der Waals surface area contributed by atoms with Crippen LogP contribution in [0.15, 0.2) is 60.7 Å². The fourth-order valence-corrected chi connectivity index (χ4v) is 7.49. The van der Waals surface area contributed by atoms with Gasteiger partial charge in [0.05, 0.1) is 81.3 Å². The van der Waals surface area contributed by atoms with Gasteiger partial charge in [-0.15, -0.1) is 0 Å². The normalized spacial score (nSPS) is 20.7. The Balaban J connectivity index is 1.22. The first-order valence-electron chi connectivity index (χ1n) is 18.4. The maximum atomic E-state index is 11.2. The molecule has 6 N–H and O–H groups in total. The van der Waals surface area contributed by atoms with Gasteiger partial charge in [-0.2, -0.15) is 0 Å². The summed E-state index contributed by atoms with van der Waals surface area (Å²) in [6.07, 6.45) is -5.76. The van der Waals surface area contributed by atoms with Gasteiger partial charge in [-0.05, 0) is 70.8 Å². The van der Waals surface area contributed by atoms with Crippen molar-refractivity contribution < 1.29 is 78.0 Å². The van der Waals surface area contributed by atoms with Crippen LogP contribution in [0, 0.1) is 11.8 Å². The minimum Gasteiger partial charge on any atom is -0.504 e. The van der Waals surface area contributed by atoms with Crippen molar-refractivity contribution in [2.75, 3.05) is 69.1 Å². The van der Waals surface area contributed by atoms with Crippen LogP contribution in [-0.2, 0) is 9.47 Å². The molecule has 2 saturated heterocycles. The molecule has 0 bridgehead atoms. The summed E-state index contributed by atoms with van der Waals surface area (Å²) in [4.78, 5) is 0. The predicted molar refractivity (Wildman–Crippen MR) is 206 cm³/mol. The third kappa shape index (κ3) is 8.30. The zero-order chi connectivity index (χ0) is 41.7. The highest BCUT2D eigenvalue weighted by Crippen LogP contribution is 2.54. The molecule has 16 heteroatoms. The summed E-state index contributed by atoms with van der Waals surface area (Å²) >= 11 is 0. The summed E-state index contributed by atoms with van der Waals surface area (Å²) < 4.78 is 58.4. The first kappa shape index (κ1) is 42.3. The molecule has 58 heavy (non-hydrogen) atoms. The van der Waals surface area contributed by atoms with E-state index >= 15 is 0 Å². The van der Waals surface area contributed by atoms with E-state index in [-0.39, 0.29) is 69.3 Å². The van der Waals surface area contributed by atoms with E-state index in [2.05, 4.69) is 0 Å². The van der Waals surface area contributed by atoms with Crippen LogP contribution < -0.4 is 37.9 Å². The zero-order valence-corrected chi connectivity index (χ0v) is 33.0. The van der Waals surface area contributed by atoms with Gasteiger partial charge in [0.1, 0.15) is 12.2 Å². The highest BCUT2D eigenvalue weighted by atomic mass is 16.6. The highest BCUT2D eigenvalue weighted by Gasteiger charge is 2.49. The molecular weight excluding hydrogens is 760 g/mol. The van der Waals surface area contributed by atoms with Crippen LogP contribution in [0.25, 0.3) is 0 Å². The van der Waals surface area contributed by atoms with Crippen molar-refractivity contribution in [1.29, 1.82) is 0 Å². The van der Waals surface area contributed by atoms with Crippen molar-refractivity contribution in [3.8, 4) is 57.5 Å². The monoisotopic (exact) mass is 810 g/mol. The fourth-order valence-electron chi connectivity index (χ4n) is 7.49. The van der Waals surface area contributed by atoms with Gasteiger partial charge in [-0.1, -0.05) is 12.1 Å². The number of benzene rings is 4. The molecule has 2 heterocycles. The van der Waals surface area contributed by atoms with E-state index in [0.717, 1.165) is 11.1 Å². The van der Waals surface area contributed by atoms with Gasteiger partial charge in [0, 0.05) is 11.8 Å². The first-order chi connectivity index (χ1) is 28.0. The maximum Gasteiger partial charge on any atom is 0.204 e. The Bertz CT molecular complexity index is 1830. The van der Waals surface area contributed by atoms with E-state index in [0.29, 0.717) is 24.3 Å². The summed E-state index contributed by atoms with van der Waals surface area (Å²) in [6.45, 7) is -0.408. The number of ether oxygens (including phenoxy) is 10. The molecule has 314 valence electrons. The first-order valence-corrected chi connectivity index (χ1v) is 18.4. The van der Waals surface area contributed by atoms with Crippen LogP contribution >= 0.6 is 0 Å². The van der Waals surface area contributed by atoms with Gasteiger partial charge < -0.3 is 78.0 Å². The van der Waals surface area contributed by atoms with Gasteiger partial charge in [0.2, 0.25) is 11.5 Å². The molecule has 6 rings (SSSR count). The Morgan fingerprint density at radius 2 is 0.845 bits per heavy atom. The molecule has 8 atom stereocenters. The van der Waals surface area contributed by atoms with E-state index in [9.17, 15) is 30.6 Å². The van der Waals surface area contributed by atoms with Crippen molar-refractivity contribution in [2.45, 2.75) is 36.6 Å². The van der Waals surface area contributed by atoms with Gasteiger partial charge in [-0.3, -0.25) is 0 Å². The molecule has 2 aliphatic heterocycles. The molecule has 0 aliphatic carbocycles. The minimum absolute atomic E-state index is 0.0909. The number of methoxy groups -OCH3 is 6. The number of aliphatic hydroxyl groups excluding tert-OH is 4. The number of aromatic hydroxyl groups is 2. The van der Waals surface area contributed by atoms with Crippen LogP contribution in [0.5, 0.6) is 57.5 Å². The van der Waals surface area contributed by atoms with Crippen LogP contribution in [-0.4, -0.2) is 112 Å². The predicted octanol–water partition coefficient (Wildman–Crippen LogP) is 4.17. The molecular formula is C42H50O16. The Morgan fingerprint density at radius 3 is 1.14 bits per heavy atom. The number of aliphatic hydroxyl groups is 4. The molecule has 2 aliphatic rings. The van der Waals surface area contributed by atoms with E-state index in [1.165, 1.54) is 79.1 Å². The number of hydrogen-bond acceptors (Lipinski definition) is 16. The van der Waals surface area contributed by atoms with Crippen molar-refractivity contribution in [3.05, 3.63) is 82.9 Å². The molecule has 16 nitrogen and oxygen atoms in total. The lowest BCUT2D eigenvalue weighted by Gasteiger charge is -2.26. The molecule has 0 unspecified atom stereocenters. The SMILES string of the molecule is COc1cc([C@H](O)[C@H](CO)Oc2c(OC)cc([C@@H]3OC[C@@H]4[C@H]3CO[C@H]4c3cc(OC)c(O[C@H](CO)[C@@H](O)c4ccc(O)c(OC)c4)c(OC)c3)cc2OC)ccc1O. The number of phenols is 2. The molecule has 2 fully saturated rings. The fraction of sp³-hybridized carbons (Fsp3) is 0.429. The third-order valence-corrected chi connectivity index (χ3v) is 10.6. The van der Waals surface area contributed by atoms with Crippen molar-refractivity contribution in [3.63, 3.8) is 0 Å². The number of hydrogen-bond donors (Lipinski definition) is 6. The van der Waals surface area contributed by atoms with Gasteiger partial charge in [0.25, 0.3) is 0 Å². The van der Waals surface area contributed by atoms with E-state index in [1.54, 1.807) is 24.3 Å². The Kier molecular flexibility index (Phi) is 13.5. The average molecular weight is 811 g/mol. The van der Waals surface area contributed by atoms with Crippen LogP contribution in [0.3, 0.4) is 0 Å². The van der Waals surface area contributed by atoms with E-state index in [4.69, 9.17) is 47.4 Å². The maximum absolute atomic E-state index is 11.2. The van der Waals surface area contributed by atoms with Crippen molar-refractivity contribution in [1.82, 2.24) is 0 Å². The molecule has 0 spiro atoms. The lowest BCUT2D eigenvalue weighted by molar-refractivity contribution is -0.00205. The average Bonchev–Trinajstić information content (AvgIpc) is 3.87. The van der Waals surface area contributed by atoms with Crippen LogP contribution in [0.4, 0.5) is 0 Å². The molecule has 0 radical (unpaired) electrons. The highest BCUT2D eigenvalue weighted by molar-refractivity contribution is 5.56. The molecule has 0 amide bonds. The summed E-state index contributed by atoms with van der Waals surface area (Å²) in [5, 5.41) is 62.8. The summed E-state index contributed by atoms with van der Waals surface area (Å²) in [5.74, 6) is 1.38. The Hall–Kier alpha value is -5.36. The number of rotatable bonds is 18. The van der Waals surface area contributed by atoms with Crippen LogP contribution in [0.2, 0.25) is 0 Å². The van der Waals surface area contributed by atoms with Gasteiger partial charge >= 0.3 is 0 Å². The summed E-state index contributed by atoms with van der Waals surface area (Å²) in [5.41, 5.74) is 2.17.